The Kier molecular flexibility index (Phi) is 5.27. The Morgan fingerprint density at radius 3 is 2.84 bits per heavy atom. The lowest BCUT2D eigenvalue weighted by Gasteiger charge is -2.29. The van der Waals surface area contributed by atoms with E-state index in [9.17, 15) is 9.90 Å². The molecule has 2 atom stereocenters. The molecule has 0 bridgehead atoms. The number of fused-ring (bicyclic) bond motifs is 1. The van der Waals surface area contributed by atoms with Crippen molar-refractivity contribution in [2.75, 3.05) is 39.5 Å². The van der Waals surface area contributed by atoms with Crippen molar-refractivity contribution in [1.29, 1.82) is 0 Å². The third kappa shape index (κ3) is 3.78. The fourth-order valence-electron chi connectivity index (χ4n) is 3.51. The van der Waals surface area contributed by atoms with Gasteiger partial charge in [-0.15, -0.1) is 0 Å². The summed E-state index contributed by atoms with van der Waals surface area (Å²) in [6.45, 7) is 3.36. The first-order valence-corrected chi connectivity index (χ1v) is 9.44. The first kappa shape index (κ1) is 18.1. The van der Waals surface area contributed by atoms with E-state index in [0.29, 0.717) is 29.8 Å². The minimum Gasteiger partial charge on any atom is -0.396 e. The average molecular weight is 362 g/mol. The number of aromatic nitrogens is 1. The van der Waals surface area contributed by atoms with Gasteiger partial charge in [0.2, 0.25) is 0 Å². The van der Waals surface area contributed by atoms with E-state index in [0.717, 1.165) is 28.6 Å². The number of amides is 1. The van der Waals surface area contributed by atoms with Crippen LogP contribution < -0.4 is 5.73 Å². The average Bonchev–Trinajstić information content (AvgIpc) is 2.81. The predicted molar refractivity (Wildman–Crippen MR) is 102 cm³/mol. The van der Waals surface area contributed by atoms with Gasteiger partial charge in [-0.05, 0) is 57.5 Å². The number of aryl methyl sites for hydroxylation is 1. The van der Waals surface area contributed by atoms with Gasteiger partial charge in [0, 0.05) is 31.3 Å². The molecule has 7 heteroatoms. The van der Waals surface area contributed by atoms with Crippen LogP contribution in [0, 0.1) is 12.8 Å². The Morgan fingerprint density at radius 2 is 2.16 bits per heavy atom. The van der Waals surface area contributed by atoms with Crippen molar-refractivity contribution >= 4 is 32.6 Å². The summed E-state index contributed by atoms with van der Waals surface area (Å²) >= 11 is 1.41. The lowest BCUT2D eigenvalue weighted by molar-refractivity contribution is 0.0689. The number of hydrogen-bond donors (Lipinski definition) is 2. The van der Waals surface area contributed by atoms with Gasteiger partial charge in [0.05, 0.1) is 10.2 Å². The molecule has 1 aliphatic rings. The van der Waals surface area contributed by atoms with Crippen molar-refractivity contribution < 1.29 is 9.90 Å². The third-order valence-electron chi connectivity index (χ3n) is 5.04. The summed E-state index contributed by atoms with van der Waals surface area (Å²) in [6, 6.07) is 4.10. The van der Waals surface area contributed by atoms with E-state index in [4.69, 9.17) is 5.73 Å². The van der Waals surface area contributed by atoms with Crippen molar-refractivity contribution in [2.24, 2.45) is 5.92 Å². The molecule has 1 saturated heterocycles. The van der Waals surface area contributed by atoms with Crippen molar-refractivity contribution in [2.45, 2.75) is 25.8 Å². The number of likely N-dealkylation sites (tertiary alicyclic amines) is 1. The molecule has 25 heavy (non-hydrogen) atoms. The second-order valence-corrected chi connectivity index (χ2v) is 8.21. The molecule has 2 heterocycles. The monoisotopic (exact) mass is 362 g/mol. The van der Waals surface area contributed by atoms with Crippen molar-refractivity contribution in [3.63, 3.8) is 0 Å². The Morgan fingerprint density at radius 1 is 1.40 bits per heavy atom. The van der Waals surface area contributed by atoms with E-state index in [1.165, 1.54) is 11.3 Å². The zero-order chi connectivity index (χ0) is 18.1. The SMILES string of the molecule is Cc1cc(C(=O)N2C[C@@H](CO)CC[C@@H](N(C)C)C2)cc2sc(N)nc12. The summed E-state index contributed by atoms with van der Waals surface area (Å²) in [5.74, 6) is 0.155. The van der Waals surface area contributed by atoms with Gasteiger partial charge in [-0.2, -0.15) is 0 Å². The molecule has 2 aromatic rings. The normalized spacial score (nSPS) is 21.7. The molecule has 1 aromatic carbocycles. The largest absolute Gasteiger partial charge is 0.396 e. The van der Waals surface area contributed by atoms with E-state index >= 15 is 0 Å². The summed E-state index contributed by atoms with van der Waals surface area (Å²) < 4.78 is 0.943. The van der Waals surface area contributed by atoms with Gasteiger partial charge in [0.1, 0.15) is 0 Å². The van der Waals surface area contributed by atoms with Gasteiger partial charge >= 0.3 is 0 Å². The Hall–Kier alpha value is -1.70. The van der Waals surface area contributed by atoms with Crippen LogP contribution in [0.4, 0.5) is 5.13 Å². The van der Waals surface area contributed by atoms with Crippen LogP contribution in [0.1, 0.15) is 28.8 Å². The Bertz CT molecular complexity index is 774. The third-order valence-corrected chi connectivity index (χ3v) is 5.87. The number of benzene rings is 1. The van der Waals surface area contributed by atoms with Crippen LogP contribution in [-0.2, 0) is 0 Å². The van der Waals surface area contributed by atoms with Crippen molar-refractivity contribution in [3.05, 3.63) is 23.3 Å². The van der Waals surface area contributed by atoms with Crippen molar-refractivity contribution in [3.8, 4) is 0 Å². The minimum atomic E-state index is 0.0178. The number of hydrogen-bond acceptors (Lipinski definition) is 6. The number of carbonyl (C=O) groups excluding carboxylic acids is 1. The number of aliphatic hydroxyl groups excluding tert-OH is 1. The van der Waals surface area contributed by atoms with Crippen molar-refractivity contribution in [1.82, 2.24) is 14.8 Å². The quantitative estimate of drug-likeness (QED) is 0.872. The zero-order valence-electron chi connectivity index (χ0n) is 15.0. The fraction of sp³-hybridized carbons (Fsp3) is 0.556. The van der Waals surface area contributed by atoms with E-state index in [1.807, 2.05) is 38.1 Å². The summed E-state index contributed by atoms with van der Waals surface area (Å²) in [7, 11) is 4.09. The number of likely N-dealkylation sites (N-methyl/N-ethyl adjacent to an activating group) is 1. The molecule has 0 unspecified atom stereocenters. The number of anilines is 1. The van der Waals surface area contributed by atoms with E-state index in [1.54, 1.807) is 0 Å². The minimum absolute atomic E-state index is 0.0178. The van der Waals surface area contributed by atoms with Crippen LogP contribution in [0.25, 0.3) is 10.2 Å². The number of rotatable bonds is 3. The highest BCUT2D eigenvalue weighted by Crippen LogP contribution is 2.29. The van der Waals surface area contributed by atoms with Gasteiger partial charge in [-0.25, -0.2) is 4.98 Å². The zero-order valence-corrected chi connectivity index (χ0v) is 15.8. The van der Waals surface area contributed by atoms with Gasteiger partial charge in [-0.3, -0.25) is 4.79 Å². The molecule has 1 fully saturated rings. The maximum atomic E-state index is 13.2. The van der Waals surface area contributed by atoms with E-state index < -0.39 is 0 Å². The summed E-state index contributed by atoms with van der Waals surface area (Å²) in [4.78, 5) is 21.6. The first-order valence-electron chi connectivity index (χ1n) is 8.62. The lowest BCUT2D eigenvalue weighted by Crippen LogP contribution is -2.42. The molecule has 1 aromatic heterocycles. The standard InChI is InChI=1S/C18H26N4O2S/c1-11-6-13(7-15-16(11)20-18(19)25-15)17(24)22-8-12(10-23)4-5-14(9-22)21(2)3/h6-7,12,14,23H,4-5,8-10H2,1-3H3,(H2,19,20)/t12-,14+/m0/s1. The second kappa shape index (κ2) is 7.27. The Balaban J connectivity index is 1.91. The molecule has 1 aliphatic heterocycles. The van der Waals surface area contributed by atoms with Gasteiger partial charge in [-0.1, -0.05) is 11.3 Å². The highest BCUT2D eigenvalue weighted by atomic mass is 32.1. The number of aliphatic hydroxyl groups is 1. The summed E-state index contributed by atoms with van der Waals surface area (Å²) in [5.41, 5.74) is 8.32. The number of nitrogens with two attached hydrogens (primary N) is 1. The maximum absolute atomic E-state index is 13.2. The van der Waals surface area contributed by atoms with Gasteiger partial charge in [0.15, 0.2) is 5.13 Å². The molecule has 3 N–H and O–H groups in total. The molecular formula is C18H26N4O2S. The van der Waals surface area contributed by atoms with Crippen LogP contribution in [0.2, 0.25) is 0 Å². The summed E-state index contributed by atoms with van der Waals surface area (Å²) in [5, 5.41) is 10.1. The van der Waals surface area contributed by atoms with Crippen LogP contribution in [-0.4, -0.2) is 65.6 Å². The van der Waals surface area contributed by atoms with Gasteiger partial charge < -0.3 is 20.6 Å². The van der Waals surface area contributed by atoms with E-state index in [2.05, 4.69) is 9.88 Å². The Labute approximate surface area is 152 Å². The topological polar surface area (TPSA) is 82.7 Å². The molecular weight excluding hydrogens is 336 g/mol. The fourth-order valence-corrected chi connectivity index (χ4v) is 4.36. The smallest absolute Gasteiger partial charge is 0.253 e. The molecule has 0 saturated carbocycles. The number of thiazole rings is 1. The molecule has 3 rings (SSSR count). The number of nitrogen functional groups attached to an aromatic ring is 1. The molecule has 136 valence electrons. The second-order valence-electron chi connectivity index (χ2n) is 7.15. The maximum Gasteiger partial charge on any atom is 0.253 e. The van der Waals surface area contributed by atoms with Crippen LogP contribution >= 0.6 is 11.3 Å². The molecule has 0 radical (unpaired) electrons. The first-order chi connectivity index (χ1) is 11.9. The van der Waals surface area contributed by atoms with Crippen LogP contribution in [0.5, 0.6) is 0 Å². The number of carbonyl (C=O) groups is 1. The van der Waals surface area contributed by atoms with Gasteiger partial charge in [0.25, 0.3) is 5.91 Å². The molecule has 0 spiro atoms. The highest BCUT2D eigenvalue weighted by Gasteiger charge is 2.28. The molecule has 6 nitrogen and oxygen atoms in total. The van der Waals surface area contributed by atoms with E-state index in [-0.39, 0.29) is 18.4 Å². The van der Waals surface area contributed by atoms with Crippen LogP contribution in [0.15, 0.2) is 12.1 Å². The molecule has 0 aliphatic carbocycles. The summed E-state index contributed by atoms with van der Waals surface area (Å²) in [6.07, 6.45) is 1.93. The molecule has 1 amide bonds. The lowest BCUT2D eigenvalue weighted by atomic mass is 10.0. The highest BCUT2D eigenvalue weighted by molar-refractivity contribution is 7.22. The number of nitrogens with zero attached hydrogens (tertiary/aromatic N) is 3. The van der Waals surface area contributed by atoms with Crippen LogP contribution in [0.3, 0.4) is 0 Å². The predicted octanol–water partition coefficient (Wildman–Crippen LogP) is 1.96.